The average molecular weight is 825 g/mol. The van der Waals surface area contributed by atoms with Crippen molar-refractivity contribution in [3.8, 4) is 0 Å². The van der Waals surface area contributed by atoms with Crippen molar-refractivity contribution in [3.05, 3.63) is 60.8 Å². The van der Waals surface area contributed by atoms with Crippen LogP contribution < -0.4 is 0 Å². The molecule has 0 spiro atoms. The van der Waals surface area contributed by atoms with Crippen molar-refractivity contribution in [2.24, 2.45) is 0 Å². The third-order valence-electron chi connectivity index (χ3n) is 10.6. The van der Waals surface area contributed by atoms with Crippen LogP contribution in [0.3, 0.4) is 0 Å². The molecule has 0 aromatic carbocycles. The molecule has 0 rings (SSSR count). The van der Waals surface area contributed by atoms with Gasteiger partial charge in [-0.3, -0.25) is 14.4 Å². The number of esters is 3. The standard InChI is InChI=1S/C53H92O6/c1-4-7-10-13-16-19-22-24-26-28-31-34-37-40-43-46-52(55)58-49-50(48-57-51(54)45-42-39-36-33-30-21-18-15-12-9-6-3)59-53(56)47-44-41-38-35-32-29-27-25-23-20-17-14-11-8-5-2/h7,10,16,19,24,26,31,34,40,43,50H,4-6,8-9,11-15,17-18,20-23,25,27-30,32-33,35-39,41-42,44-49H2,1-3H3/b10-7-,19-16-,26-24-,34-31-,43-40-. The van der Waals surface area contributed by atoms with Crippen LogP contribution in [-0.4, -0.2) is 37.2 Å². The molecule has 1 atom stereocenters. The number of carbonyl (C=O) groups excluding carboxylic acids is 3. The fourth-order valence-electron chi connectivity index (χ4n) is 6.87. The summed E-state index contributed by atoms with van der Waals surface area (Å²) in [5.74, 6) is -1.03. The van der Waals surface area contributed by atoms with E-state index in [-0.39, 0.29) is 31.6 Å². The van der Waals surface area contributed by atoms with Crippen molar-refractivity contribution in [3.63, 3.8) is 0 Å². The first kappa shape index (κ1) is 56.1. The van der Waals surface area contributed by atoms with E-state index >= 15 is 0 Å². The first-order valence-electron chi connectivity index (χ1n) is 24.8. The Balaban J connectivity index is 4.47. The zero-order chi connectivity index (χ0) is 43.0. The number of ether oxygens (including phenoxy) is 3. The van der Waals surface area contributed by atoms with Gasteiger partial charge in [-0.05, 0) is 44.9 Å². The second-order valence-corrected chi connectivity index (χ2v) is 16.4. The van der Waals surface area contributed by atoms with Crippen molar-refractivity contribution in [1.29, 1.82) is 0 Å². The third-order valence-corrected chi connectivity index (χ3v) is 10.6. The highest BCUT2D eigenvalue weighted by Crippen LogP contribution is 2.15. The van der Waals surface area contributed by atoms with E-state index in [4.69, 9.17) is 14.2 Å². The highest BCUT2D eigenvalue weighted by molar-refractivity contribution is 5.72. The van der Waals surface area contributed by atoms with Gasteiger partial charge in [0.15, 0.2) is 6.10 Å². The Bertz CT molecular complexity index is 1090. The monoisotopic (exact) mass is 825 g/mol. The maximum Gasteiger partial charge on any atom is 0.309 e. The van der Waals surface area contributed by atoms with E-state index in [1.54, 1.807) is 6.08 Å². The highest BCUT2D eigenvalue weighted by Gasteiger charge is 2.19. The smallest absolute Gasteiger partial charge is 0.309 e. The fraction of sp³-hybridized carbons (Fsp3) is 0.755. The summed E-state index contributed by atoms with van der Waals surface area (Å²) in [7, 11) is 0. The van der Waals surface area contributed by atoms with Gasteiger partial charge in [0.05, 0.1) is 6.42 Å². The molecule has 0 aliphatic rings. The van der Waals surface area contributed by atoms with Crippen molar-refractivity contribution >= 4 is 17.9 Å². The molecule has 0 saturated carbocycles. The maximum absolute atomic E-state index is 12.8. The first-order chi connectivity index (χ1) is 29.0. The normalized spacial score (nSPS) is 12.5. The number of carbonyl (C=O) groups is 3. The average Bonchev–Trinajstić information content (AvgIpc) is 3.23. The fourth-order valence-corrected chi connectivity index (χ4v) is 6.87. The van der Waals surface area contributed by atoms with Crippen LogP contribution in [0.15, 0.2) is 60.8 Å². The minimum atomic E-state index is -0.808. The summed E-state index contributed by atoms with van der Waals surface area (Å²) in [6.07, 6.45) is 58.0. The predicted molar refractivity (Wildman–Crippen MR) is 251 cm³/mol. The Morgan fingerprint density at radius 2 is 0.661 bits per heavy atom. The van der Waals surface area contributed by atoms with Crippen LogP contribution in [0.1, 0.15) is 239 Å². The van der Waals surface area contributed by atoms with Crippen LogP contribution in [0.2, 0.25) is 0 Å². The van der Waals surface area contributed by atoms with E-state index < -0.39 is 12.1 Å². The minimum Gasteiger partial charge on any atom is -0.462 e. The van der Waals surface area contributed by atoms with Crippen molar-refractivity contribution in [2.45, 2.75) is 245 Å². The number of hydrogen-bond donors (Lipinski definition) is 0. The van der Waals surface area contributed by atoms with Crippen molar-refractivity contribution in [1.82, 2.24) is 0 Å². The maximum atomic E-state index is 12.8. The Labute approximate surface area is 364 Å². The molecule has 0 aromatic heterocycles. The molecule has 59 heavy (non-hydrogen) atoms. The second-order valence-electron chi connectivity index (χ2n) is 16.4. The van der Waals surface area contributed by atoms with Gasteiger partial charge in [-0.1, -0.05) is 236 Å². The van der Waals surface area contributed by atoms with E-state index in [0.717, 1.165) is 70.6 Å². The lowest BCUT2D eigenvalue weighted by molar-refractivity contribution is -0.166. The van der Waals surface area contributed by atoms with Gasteiger partial charge in [0.2, 0.25) is 0 Å². The molecule has 0 bridgehead atoms. The van der Waals surface area contributed by atoms with Crippen LogP contribution >= 0.6 is 0 Å². The zero-order valence-corrected chi connectivity index (χ0v) is 38.8. The lowest BCUT2D eigenvalue weighted by Gasteiger charge is -2.18. The molecule has 1 unspecified atom stereocenters. The molecule has 0 amide bonds. The second kappa shape index (κ2) is 47.8. The first-order valence-corrected chi connectivity index (χ1v) is 24.8. The van der Waals surface area contributed by atoms with Crippen LogP contribution in [0, 0.1) is 0 Å². The van der Waals surface area contributed by atoms with Gasteiger partial charge in [-0.15, -0.1) is 0 Å². The Hall–Kier alpha value is -2.89. The summed E-state index contributed by atoms with van der Waals surface area (Å²) in [6, 6.07) is 0. The SMILES string of the molecule is CC/C=C\C/C=C\C/C=C\C/C=C\C/C=C\CC(=O)OCC(COC(=O)CCCCCCCCCCCCC)OC(=O)CCCCCCCCCCCCCCCCC. The van der Waals surface area contributed by atoms with Gasteiger partial charge in [0.1, 0.15) is 13.2 Å². The summed E-state index contributed by atoms with van der Waals surface area (Å²) in [5, 5.41) is 0. The highest BCUT2D eigenvalue weighted by atomic mass is 16.6. The summed E-state index contributed by atoms with van der Waals surface area (Å²) >= 11 is 0. The predicted octanol–water partition coefficient (Wildman–Crippen LogP) is 16.1. The number of allylic oxidation sites excluding steroid dienone is 9. The minimum absolute atomic E-state index is 0.101. The van der Waals surface area contributed by atoms with Gasteiger partial charge in [0.25, 0.3) is 0 Å². The Kier molecular flexibility index (Phi) is 45.4. The van der Waals surface area contributed by atoms with Gasteiger partial charge < -0.3 is 14.2 Å². The largest absolute Gasteiger partial charge is 0.462 e. The molecule has 0 saturated heterocycles. The van der Waals surface area contributed by atoms with Crippen LogP contribution in [0.5, 0.6) is 0 Å². The lowest BCUT2D eigenvalue weighted by atomic mass is 10.0. The number of rotatable bonds is 44. The van der Waals surface area contributed by atoms with Gasteiger partial charge in [-0.2, -0.15) is 0 Å². The van der Waals surface area contributed by atoms with Crippen LogP contribution in [0.25, 0.3) is 0 Å². The van der Waals surface area contributed by atoms with Gasteiger partial charge in [-0.25, -0.2) is 0 Å². The lowest BCUT2D eigenvalue weighted by Crippen LogP contribution is -2.30. The van der Waals surface area contributed by atoms with Crippen molar-refractivity contribution in [2.75, 3.05) is 13.2 Å². The molecule has 0 fully saturated rings. The summed E-state index contributed by atoms with van der Waals surface area (Å²) in [6.45, 7) is 6.43. The molecule has 0 heterocycles. The van der Waals surface area contributed by atoms with Crippen LogP contribution in [-0.2, 0) is 28.6 Å². The Morgan fingerprint density at radius 3 is 1.03 bits per heavy atom. The molecule has 0 aliphatic heterocycles. The summed E-state index contributed by atoms with van der Waals surface area (Å²) in [4.78, 5) is 37.8. The van der Waals surface area contributed by atoms with Crippen LogP contribution in [0.4, 0.5) is 0 Å². The summed E-state index contributed by atoms with van der Waals surface area (Å²) < 4.78 is 16.7. The molecule has 0 aliphatic carbocycles. The van der Waals surface area contributed by atoms with Gasteiger partial charge >= 0.3 is 17.9 Å². The number of hydrogen-bond acceptors (Lipinski definition) is 6. The van der Waals surface area contributed by atoms with E-state index in [1.165, 1.54) is 128 Å². The molecule has 0 N–H and O–H groups in total. The van der Waals surface area contributed by atoms with E-state index in [9.17, 15) is 14.4 Å². The molecule has 6 nitrogen and oxygen atoms in total. The summed E-state index contributed by atoms with van der Waals surface area (Å²) in [5.41, 5.74) is 0. The van der Waals surface area contributed by atoms with E-state index in [1.807, 2.05) is 6.08 Å². The molecular formula is C53H92O6. The third kappa shape index (κ3) is 46.0. The molecular weight excluding hydrogens is 733 g/mol. The molecule has 0 aromatic rings. The number of unbranched alkanes of at least 4 members (excludes halogenated alkanes) is 24. The van der Waals surface area contributed by atoms with E-state index in [2.05, 4.69) is 69.4 Å². The molecule has 6 heteroatoms. The quantitative estimate of drug-likeness (QED) is 0.0263. The van der Waals surface area contributed by atoms with Crippen molar-refractivity contribution < 1.29 is 28.6 Å². The Morgan fingerprint density at radius 1 is 0.356 bits per heavy atom. The zero-order valence-electron chi connectivity index (χ0n) is 38.8. The molecule has 340 valence electrons. The van der Waals surface area contributed by atoms with E-state index in [0.29, 0.717) is 12.8 Å². The topological polar surface area (TPSA) is 78.9 Å². The molecule has 0 radical (unpaired) electrons. The van der Waals surface area contributed by atoms with Gasteiger partial charge in [0, 0.05) is 12.8 Å².